The molecule has 4 heteroatoms. The normalized spacial score (nSPS) is 10.2. The van der Waals surface area contributed by atoms with Crippen LogP contribution in [0.25, 0.3) is 10.2 Å². The highest BCUT2D eigenvalue weighted by Gasteiger charge is 2.08. The van der Waals surface area contributed by atoms with Gasteiger partial charge in [-0.05, 0) is 17.9 Å². The third-order valence-electron chi connectivity index (χ3n) is 1.92. The van der Waals surface area contributed by atoms with E-state index in [4.69, 9.17) is 11.0 Å². The largest absolute Gasteiger partial charge is 0.396 e. The SMILES string of the molecule is Cc1csc2c(N)c(C#N)cnc12. The summed E-state index contributed by atoms with van der Waals surface area (Å²) >= 11 is 1.53. The van der Waals surface area contributed by atoms with Crippen molar-refractivity contribution < 1.29 is 0 Å². The zero-order chi connectivity index (χ0) is 9.42. The molecule has 0 saturated carbocycles. The minimum atomic E-state index is 0.453. The van der Waals surface area contributed by atoms with E-state index in [1.165, 1.54) is 17.5 Å². The van der Waals surface area contributed by atoms with Crippen LogP contribution >= 0.6 is 11.3 Å². The highest BCUT2D eigenvalue weighted by molar-refractivity contribution is 7.18. The molecule has 2 N–H and O–H groups in total. The predicted molar refractivity (Wildman–Crippen MR) is 53.5 cm³/mol. The van der Waals surface area contributed by atoms with Crippen LogP contribution in [0.5, 0.6) is 0 Å². The van der Waals surface area contributed by atoms with Gasteiger partial charge in [0.15, 0.2) is 0 Å². The number of aryl methyl sites for hydroxylation is 1. The smallest absolute Gasteiger partial charge is 0.103 e. The Kier molecular flexibility index (Phi) is 1.67. The fraction of sp³-hybridized carbons (Fsp3) is 0.111. The van der Waals surface area contributed by atoms with Crippen molar-refractivity contribution in [2.24, 2.45) is 0 Å². The first-order valence-electron chi connectivity index (χ1n) is 3.76. The molecular weight excluding hydrogens is 182 g/mol. The summed E-state index contributed by atoms with van der Waals surface area (Å²) in [7, 11) is 0. The van der Waals surface area contributed by atoms with E-state index in [1.54, 1.807) is 0 Å². The number of anilines is 1. The van der Waals surface area contributed by atoms with Crippen LogP contribution in [-0.2, 0) is 0 Å². The van der Waals surface area contributed by atoms with Crippen molar-refractivity contribution in [1.29, 1.82) is 5.26 Å². The van der Waals surface area contributed by atoms with Gasteiger partial charge in [0.1, 0.15) is 6.07 Å². The summed E-state index contributed by atoms with van der Waals surface area (Å²) in [6, 6.07) is 2.02. The number of rotatable bonds is 0. The van der Waals surface area contributed by atoms with Gasteiger partial charge in [-0.1, -0.05) is 0 Å². The Morgan fingerprint density at radius 2 is 2.38 bits per heavy atom. The second-order valence-electron chi connectivity index (χ2n) is 2.79. The van der Waals surface area contributed by atoms with Gasteiger partial charge in [-0.15, -0.1) is 11.3 Å². The van der Waals surface area contributed by atoms with E-state index in [1.807, 2.05) is 18.4 Å². The highest BCUT2D eigenvalue weighted by atomic mass is 32.1. The Morgan fingerprint density at radius 1 is 1.62 bits per heavy atom. The van der Waals surface area contributed by atoms with Crippen LogP contribution in [0.2, 0.25) is 0 Å². The molecule has 3 nitrogen and oxygen atoms in total. The molecule has 0 aliphatic rings. The summed E-state index contributed by atoms with van der Waals surface area (Å²) in [4.78, 5) is 4.18. The van der Waals surface area contributed by atoms with E-state index >= 15 is 0 Å². The molecule has 0 aliphatic heterocycles. The van der Waals surface area contributed by atoms with Crippen molar-refractivity contribution >= 4 is 27.2 Å². The van der Waals surface area contributed by atoms with E-state index in [-0.39, 0.29) is 0 Å². The third kappa shape index (κ3) is 1.05. The third-order valence-corrected chi connectivity index (χ3v) is 3.04. The molecular formula is C9H7N3S. The van der Waals surface area contributed by atoms with Crippen molar-refractivity contribution in [3.05, 3.63) is 22.7 Å². The van der Waals surface area contributed by atoms with Gasteiger partial charge < -0.3 is 5.73 Å². The zero-order valence-electron chi connectivity index (χ0n) is 7.03. The van der Waals surface area contributed by atoms with Gasteiger partial charge in [0.2, 0.25) is 0 Å². The van der Waals surface area contributed by atoms with E-state index in [0.717, 1.165) is 15.8 Å². The van der Waals surface area contributed by atoms with Crippen molar-refractivity contribution in [2.45, 2.75) is 6.92 Å². The number of nitrogens with zero attached hydrogens (tertiary/aromatic N) is 2. The number of fused-ring (bicyclic) bond motifs is 1. The maximum absolute atomic E-state index is 8.72. The average Bonchev–Trinajstić information content (AvgIpc) is 2.50. The monoisotopic (exact) mass is 189 g/mol. The molecule has 2 aromatic heterocycles. The topological polar surface area (TPSA) is 62.7 Å². The van der Waals surface area contributed by atoms with Crippen molar-refractivity contribution in [3.8, 4) is 6.07 Å². The fourth-order valence-corrected chi connectivity index (χ4v) is 2.17. The summed E-state index contributed by atoms with van der Waals surface area (Å²) in [5, 5.41) is 10.7. The molecule has 0 fully saturated rings. The standard InChI is InChI=1S/C9H7N3S/c1-5-4-13-9-7(11)6(2-10)3-12-8(5)9/h3-4H,1H3,(H2,11,12). The number of aromatic nitrogens is 1. The number of nitrogen functional groups attached to an aromatic ring is 1. The van der Waals surface area contributed by atoms with Gasteiger partial charge >= 0.3 is 0 Å². The highest BCUT2D eigenvalue weighted by Crippen LogP contribution is 2.30. The van der Waals surface area contributed by atoms with Crippen LogP contribution in [0.4, 0.5) is 5.69 Å². The van der Waals surface area contributed by atoms with E-state index in [2.05, 4.69) is 4.98 Å². The summed E-state index contributed by atoms with van der Waals surface area (Å²) in [6.45, 7) is 1.98. The lowest BCUT2D eigenvalue weighted by Gasteiger charge is -1.97. The quantitative estimate of drug-likeness (QED) is 0.690. The number of hydrogen-bond acceptors (Lipinski definition) is 4. The summed E-state index contributed by atoms with van der Waals surface area (Å²) < 4.78 is 0.913. The molecule has 2 heterocycles. The minimum absolute atomic E-state index is 0.453. The van der Waals surface area contributed by atoms with Crippen LogP contribution < -0.4 is 5.73 Å². The van der Waals surface area contributed by atoms with Gasteiger partial charge in [-0.3, -0.25) is 4.98 Å². The van der Waals surface area contributed by atoms with Gasteiger partial charge in [-0.2, -0.15) is 5.26 Å². The molecule has 0 aromatic carbocycles. The zero-order valence-corrected chi connectivity index (χ0v) is 7.85. The molecule has 0 amide bonds. The van der Waals surface area contributed by atoms with Crippen LogP contribution in [0.15, 0.2) is 11.6 Å². The Balaban J connectivity index is 2.90. The Bertz CT molecular complexity index is 507. The summed E-state index contributed by atoms with van der Waals surface area (Å²) in [6.07, 6.45) is 1.53. The molecule has 0 saturated heterocycles. The number of thiophene rings is 1. The second-order valence-corrected chi connectivity index (χ2v) is 3.67. The molecule has 13 heavy (non-hydrogen) atoms. The summed E-state index contributed by atoms with van der Waals surface area (Å²) in [5.41, 5.74) is 8.80. The number of nitriles is 1. The molecule has 0 aliphatic carbocycles. The number of pyridine rings is 1. The molecule has 64 valence electrons. The Morgan fingerprint density at radius 3 is 3.08 bits per heavy atom. The van der Waals surface area contributed by atoms with Gasteiger partial charge in [0, 0.05) is 6.20 Å². The molecule has 0 atom stereocenters. The lowest BCUT2D eigenvalue weighted by atomic mass is 10.2. The van der Waals surface area contributed by atoms with Crippen LogP contribution in [0, 0.1) is 18.3 Å². The minimum Gasteiger partial charge on any atom is -0.396 e. The Labute approximate surface area is 79.4 Å². The average molecular weight is 189 g/mol. The molecule has 2 rings (SSSR count). The second kappa shape index (κ2) is 2.71. The van der Waals surface area contributed by atoms with Gasteiger partial charge in [0.05, 0.1) is 21.5 Å². The summed E-state index contributed by atoms with van der Waals surface area (Å²) in [5.74, 6) is 0. The first kappa shape index (κ1) is 8.02. The lowest BCUT2D eigenvalue weighted by molar-refractivity contribution is 1.36. The maximum Gasteiger partial charge on any atom is 0.103 e. The molecule has 0 unspecified atom stereocenters. The predicted octanol–water partition coefficient (Wildman–Crippen LogP) is 2.06. The molecule has 0 spiro atoms. The van der Waals surface area contributed by atoms with Crippen LogP contribution in [-0.4, -0.2) is 4.98 Å². The van der Waals surface area contributed by atoms with Gasteiger partial charge in [0.25, 0.3) is 0 Å². The van der Waals surface area contributed by atoms with Crippen molar-refractivity contribution in [1.82, 2.24) is 4.98 Å². The van der Waals surface area contributed by atoms with Crippen molar-refractivity contribution in [3.63, 3.8) is 0 Å². The van der Waals surface area contributed by atoms with E-state index < -0.39 is 0 Å². The molecule has 0 radical (unpaired) electrons. The van der Waals surface area contributed by atoms with Crippen molar-refractivity contribution in [2.75, 3.05) is 5.73 Å². The van der Waals surface area contributed by atoms with Crippen LogP contribution in [0.3, 0.4) is 0 Å². The van der Waals surface area contributed by atoms with E-state index in [9.17, 15) is 0 Å². The van der Waals surface area contributed by atoms with E-state index in [0.29, 0.717) is 11.3 Å². The lowest BCUT2D eigenvalue weighted by Crippen LogP contribution is -1.91. The Hall–Kier alpha value is -1.60. The molecule has 0 bridgehead atoms. The maximum atomic E-state index is 8.72. The first-order chi connectivity index (χ1) is 6.24. The number of nitrogens with two attached hydrogens (primary N) is 1. The number of hydrogen-bond donors (Lipinski definition) is 1. The fourth-order valence-electron chi connectivity index (χ4n) is 1.20. The van der Waals surface area contributed by atoms with Crippen LogP contribution in [0.1, 0.15) is 11.1 Å². The van der Waals surface area contributed by atoms with Gasteiger partial charge in [-0.25, -0.2) is 0 Å². The first-order valence-corrected chi connectivity index (χ1v) is 4.64. The molecule has 2 aromatic rings.